The van der Waals surface area contributed by atoms with Gasteiger partial charge < -0.3 is 5.32 Å². The highest BCUT2D eigenvalue weighted by atomic mass is 32.2. The molecule has 0 fully saturated rings. The first-order chi connectivity index (χ1) is 8.45. The van der Waals surface area contributed by atoms with Crippen molar-refractivity contribution < 1.29 is 18.0 Å². The zero-order valence-electron chi connectivity index (χ0n) is 9.69. The van der Waals surface area contributed by atoms with Gasteiger partial charge in [-0.05, 0) is 24.6 Å². The molecule has 6 nitrogen and oxygen atoms in total. The van der Waals surface area contributed by atoms with Gasteiger partial charge in [-0.25, -0.2) is 13.1 Å². The van der Waals surface area contributed by atoms with Gasteiger partial charge in [0.1, 0.15) is 0 Å². The van der Waals surface area contributed by atoms with Gasteiger partial charge in [0.2, 0.25) is 10.0 Å². The molecule has 7 heteroatoms. The molecule has 1 aliphatic heterocycles. The fourth-order valence-electron chi connectivity index (χ4n) is 1.61. The summed E-state index contributed by atoms with van der Waals surface area (Å²) < 4.78 is 26.1. The molecule has 0 atom stereocenters. The third kappa shape index (κ3) is 2.14. The summed E-state index contributed by atoms with van der Waals surface area (Å²) in [5.41, 5.74) is 0.443. The molecule has 2 rings (SSSR count). The summed E-state index contributed by atoms with van der Waals surface area (Å²) in [5, 5.41) is 2.37. The number of anilines is 1. The van der Waals surface area contributed by atoms with Crippen LogP contribution >= 0.6 is 0 Å². The highest BCUT2D eigenvalue weighted by Gasteiger charge is 2.29. The number of hydrogen-bond acceptors (Lipinski definition) is 4. The normalized spacial score (nSPS) is 14.5. The van der Waals surface area contributed by atoms with Crippen LogP contribution in [0, 0.1) is 0 Å². The van der Waals surface area contributed by atoms with Crippen molar-refractivity contribution in [1.82, 2.24) is 4.72 Å². The molecule has 1 aliphatic rings. The maximum atomic E-state index is 11.9. The van der Waals surface area contributed by atoms with Gasteiger partial charge in [-0.15, -0.1) is 0 Å². The maximum Gasteiger partial charge on any atom is 0.296 e. The van der Waals surface area contributed by atoms with Crippen molar-refractivity contribution in [2.75, 3.05) is 11.9 Å². The van der Waals surface area contributed by atoms with Gasteiger partial charge in [0.05, 0.1) is 16.1 Å². The van der Waals surface area contributed by atoms with Gasteiger partial charge in [-0.2, -0.15) is 0 Å². The molecule has 18 heavy (non-hydrogen) atoms. The van der Waals surface area contributed by atoms with Gasteiger partial charge >= 0.3 is 0 Å². The monoisotopic (exact) mass is 268 g/mol. The molecule has 0 radical (unpaired) electrons. The molecular weight excluding hydrogens is 256 g/mol. The van der Waals surface area contributed by atoms with Gasteiger partial charge in [0, 0.05) is 6.54 Å². The molecule has 0 saturated carbocycles. The summed E-state index contributed by atoms with van der Waals surface area (Å²) in [4.78, 5) is 22.6. The minimum atomic E-state index is -3.63. The Balaban J connectivity index is 2.39. The Morgan fingerprint density at radius 1 is 1.28 bits per heavy atom. The first-order valence-electron chi connectivity index (χ1n) is 5.45. The van der Waals surface area contributed by atoms with Crippen LogP contribution in [0.1, 0.15) is 23.7 Å². The van der Waals surface area contributed by atoms with Crippen LogP contribution < -0.4 is 10.0 Å². The first kappa shape index (κ1) is 12.7. The third-order valence-corrected chi connectivity index (χ3v) is 4.00. The molecule has 0 unspecified atom stereocenters. The largest absolute Gasteiger partial charge is 0.318 e. The van der Waals surface area contributed by atoms with E-state index in [0.717, 1.165) is 0 Å². The number of rotatable bonds is 4. The average molecular weight is 268 g/mol. The molecule has 1 heterocycles. The van der Waals surface area contributed by atoms with Crippen LogP contribution in [-0.2, 0) is 14.8 Å². The van der Waals surface area contributed by atoms with E-state index in [1.54, 1.807) is 0 Å². The number of Topliss-reactive ketones (excluding diaryl/α,β-unsaturated/α-hetero) is 1. The van der Waals surface area contributed by atoms with E-state index in [9.17, 15) is 18.0 Å². The van der Waals surface area contributed by atoms with Crippen molar-refractivity contribution in [1.29, 1.82) is 0 Å². The predicted molar refractivity (Wildman–Crippen MR) is 64.9 cm³/mol. The van der Waals surface area contributed by atoms with Gasteiger partial charge in [-0.3, -0.25) is 9.59 Å². The number of amides is 1. The second kappa shape index (κ2) is 4.51. The number of sulfonamides is 1. The highest BCUT2D eigenvalue weighted by Crippen LogP contribution is 2.25. The molecule has 2 N–H and O–H groups in total. The summed E-state index contributed by atoms with van der Waals surface area (Å²) in [6.45, 7) is 2.17. The van der Waals surface area contributed by atoms with E-state index in [0.29, 0.717) is 18.7 Å². The van der Waals surface area contributed by atoms with Crippen molar-refractivity contribution in [3.8, 4) is 0 Å². The van der Waals surface area contributed by atoms with E-state index in [-0.39, 0.29) is 10.5 Å². The number of carbonyl (C=O) groups excluding carboxylic acids is 2. The number of fused-ring (bicyclic) bond motifs is 1. The summed E-state index contributed by atoms with van der Waals surface area (Å²) >= 11 is 0. The van der Waals surface area contributed by atoms with Crippen molar-refractivity contribution >= 4 is 27.4 Å². The van der Waals surface area contributed by atoms with Crippen molar-refractivity contribution in [2.24, 2.45) is 0 Å². The van der Waals surface area contributed by atoms with Crippen LogP contribution in [0.4, 0.5) is 5.69 Å². The van der Waals surface area contributed by atoms with Crippen LogP contribution in [0.25, 0.3) is 0 Å². The lowest BCUT2D eigenvalue weighted by atomic mass is 10.1. The number of ketones is 1. The van der Waals surface area contributed by atoms with E-state index in [2.05, 4.69) is 10.0 Å². The lowest BCUT2D eigenvalue weighted by Gasteiger charge is -2.06. The second-order valence-corrected chi connectivity index (χ2v) is 5.66. The van der Waals surface area contributed by atoms with Gasteiger partial charge in [0.15, 0.2) is 0 Å². The van der Waals surface area contributed by atoms with Crippen LogP contribution in [-0.4, -0.2) is 26.7 Å². The molecule has 96 valence electrons. The minimum absolute atomic E-state index is 0.0143. The lowest BCUT2D eigenvalue weighted by molar-refractivity contribution is -0.112. The van der Waals surface area contributed by atoms with Crippen molar-refractivity contribution in [2.45, 2.75) is 18.2 Å². The number of carbonyl (C=O) groups is 2. The fraction of sp³-hybridized carbons (Fsp3) is 0.273. The molecule has 0 bridgehead atoms. The molecule has 1 aromatic carbocycles. The summed E-state index contributed by atoms with van der Waals surface area (Å²) in [7, 11) is -3.63. The van der Waals surface area contributed by atoms with Crippen LogP contribution in [0.3, 0.4) is 0 Å². The number of hydrogen-bond donors (Lipinski definition) is 2. The maximum absolute atomic E-state index is 11.9. The van der Waals surface area contributed by atoms with Crippen molar-refractivity contribution in [3.05, 3.63) is 23.8 Å². The Bertz CT molecular complexity index is 622. The van der Waals surface area contributed by atoms with Crippen LogP contribution in [0.15, 0.2) is 23.1 Å². The van der Waals surface area contributed by atoms with Crippen LogP contribution in [0.5, 0.6) is 0 Å². The Morgan fingerprint density at radius 2 is 2.00 bits per heavy atom. The standard InChI is InChI=1S/C11H12N2O4S/c1-2-5-12-18(16,17)7-3-4-9-8(6-7)10(14)11(15)13-9/h3-4,6,12H,2,5H2,1H3,(H,13,14,15). The Hall–Kier alpha value is -1.73. The zero-order valence-corrected chi connectivity index (χ0v) is 10.5. The predicted octanol–water partition coefficient (Wildman–Crippen LogP) is 0.510. The first-order valence-corrected chi connectivity index (χ1v) is 6.93. The summed E-state index contributed by atoms with van der Waals surface area (Å²) in [6, 6.07) is 3.99. The number of nitrogens with one attached hydrogen (secondary N) is 2. The number of benzene rings is 1. The van der Waals surface area contributed by atoms with Crippen LogP contribution in [0.2, 0.25) is 0 Å². The minimum Gasteiger partial charge on any atom is -0.318 e. The fourth-order valence-corrected chi connectivity index (χ4v) is 2.77. The summed E-state index contributed by atoms with van der Waals surface area (Å²) in [5.74, 6) is -1.45. The quantitative estimate of drug-likeness (QED) is 0.778. The van der Waals surface area contributed by atoms with Gasteiger partial charge in [-0.1, -0.05) is 6.92 Å². The Labute approximate surface area is 104 Å². The molecule has 0 spiro atoms. The van der Waals surface area contributed by atoms with E-state index < -0.39 is 21.7 Å². The highest BCUT2D eigenvalue weighted by molar-refractivity contribution is 7.89. The Kier molecular flexibility index (Phi) is 3.18. The van der Waals surface area contributed by atoms with E-state index in [1.807, 2.05) is 6.92 Å². The van der Waals surface area contributed by atoms with Crippen molar-refractivity contribution in [3.63, 3.8) is 0 Å². The molecule has 1 aromatic rings. The lowest BCUT2D eigenvalue weighted by Crippen LogP contribution is -2.24. The molecule has 0 aliphatic carbocycles. The van der Waals surface area contributed by atoms with Gasteiger partial charge in [0.25, 0.3) is 11.7 Å². The second-order valence-electron chi connectivity index (χ2n) is 3.89. The average Bonchev–Trinajstić information content (AvgIpc) is 2.62. The summed E-state index contributed by atoms with van der Waals surface area (Å²) in [6.07, 6.45) is 0.670. The SMILES string of the molecule is CCCNS(=O)(=O)c1ccc2c(c1)C(=O)C(=O)N2. The smallest absolute Gasteiger partial charge is 0.296 e. The molecular formula is C11H12N2O4S. The van der Waals surface area contributed by atoms with E-state index in [4.69, 9.17) is 0 Å². The zero-order chi connectivity index (χ0) is 13.3. The van der Waals surface area contributed by atoms with E-state index in [1.165, 1.54) is 18.2 Å². The molecule has 1 amide bonds. The van der Waals surface area contributed by atoms with E-state index >= 15 is 0 Å². The molecule has 0 aromatic heterocycles. The Morgan fingerprint density at radius 3 is 2.67 bits per heavy atom. The topological polar surface area (TPSA) is 92.3 Å². The third-order valence-electron chi connectivity index (χ3n) is 2.54. The molecule has 0 saturated heterocycles.